The Morgan fingerprint density at radius 2 is 1.84 bits per heavy atom. The predicted molar refractivity (Wildman–Crippen MR) is 126 cm³/mol. The van der Waals surface area contributed by atoms with Crippen LogP contribution in [0.15, 0.2) is 66.9 Å². The molecule has 1 atom stereocenters. The number of likely N-dealkylation sites (N-methyl/N-ethyl adjacent to an activating group) is 1. The van der Waals surface area contributed by atoms with Crippen LogP contribution >= 0.6 is 0 Å². The zero-order chi connectivity index (χ0) is 21.6. The van der Waals surface area contributed by atoms with Crippen LogP contribution in [-0.2, 0) is 11.2 Å². The third-order valence-corrected chi connectivity index (χ3v) is 6.39. The lowest BCUT2D eigenvalue weighted by Gasteiger charge is -2.37. The van der Waals surface area contributed by atoms with Crippen LogP contribution in [0, 0.1) is 0 Å². The highest BCUT2D eigenvalue weighted by Gasteiger charge is 2.24. The molecule has 1 N–H and O–H groups in total. The van der Waals surface area contributed by atoms with Crippen LogP contribution in [0.2, 0.25) is 0 Å². The van der Waals surface area contributed by atoms with Gasteiger partial charge in [-0.15, -0.1) is 0 Å². The van der Waals surface area contributed by atoms with Crippen molar-refractivity contribution in [3.8, 4) is 0 Å². The molecule has 1 fully saturated rings. The van der Waals surface area contributed by atoms with E-state index in [4.69, 9.17) is 0 Å². The second-order valence-corrected chi connectivity index (χ2v) is 8.67. The maximum Gasteiger partial charge on any atom is 0.225 e. The first-order chi connectivity index (χ1) is 15.1. The van der Waals surface area contributed by atoms with Gasteiger partial charge in [0.15, 0.2) is 0 Å². The SMILES string of the molecule is CN1CCC(N(C)C[C@H](NC(=O)Cc2cccc3cccnc23)c2ccccc2)CC1. The number of carbonyl (C=O) groups excluding carboxylic acids is 1. The number of fused-ring (bicyclic) bond motifs is 1. The number of likely N-dealkylation sites (tertiary alicyclic amines) is 1. The van der Waals surface area contributed by atoms with Crippen LogP contribution in [-0.4, -0.2) is 60.5 Å². The third kappa shape index (κ3) is 5.49. The van der Waals surface area contributed by atoms with Crippen molar-refractivity contribution in [1.82, 2.24) is 20.1 Å². The Labute approximate surface area is 185 Å². The second-order valence-electron chi connectivity index (χ2n) is 8.67. The molecule has 0 saturated carbocycles. The first-order valence-electron chi connectivity index (χ1n) is 11.2. The van der Waals surface area contributed by atoms with Gasteiger partial charge in [0.2, 0.25) is 5.91 Å². The van der Waals surface area contributed by atoms with Crippen molar-refractivity contribution >= 4 is 16.8 Å². The van der Waals surface area contributed by atoms with E-state index in [0.717, 1.165) is 41.7 Å². The molecule has 1 aliphatic heterocycles. The smallest absolute Gasteiger partial charge is 0.225 e. The highest BCUT2D eigenvalue weighted by Crippen LogP contribution is 2.21. The Morgan fingerprint density at radius 3 is 2.61 bits per heavy atom. The standard InChI is InChI=1S/C26H32N4O/c1-29-16-13-23(14-17-29)30(2)19-24(20-8-4-3-5-9-20)28-25(31)18-22-11-6-10-21-12-7-15-27-26(21)22/h3-12,15,23-24H,13-14,16-19H2,1-2H3,(H,28,31)/t24-/m0/s1. The molecule has 2 heterocycles. The van der Waals surface area contributed by atoms with Crippen molar-refractivity contribution < 1.29 is 4.79 Å². The fourth-order valence-corrected chi connectivity index (χ4v) is 4.52. The molecule has 5 nitrogen and oxygen atoms in total. The summed E-state index contributed by atoms with van der Waals surface area (Å²) in [6.07, 6.45) is 4.46. The van der Waals surface area contributed by atoms with Crippen LogP contribution in [0.25, 0.3) is 10.9 Å². The average Bonchev–Trinajstić information content (AvgIpc) is 2.80. The van der Waals surface area contributed by atoms with Crippen molar-refractivity contribution in [1.29, 1.82) is 0 Å². The minimum Gasteiger partial charge on any atom is -0.348 e. The van der Waals surface area contributed by atoms with Gasteiger partial charge >= 0.3 is 0 Å². The average molecular weight is 417 g/mol. The summed E-state index contributed by atoms with van der Waals surface area (Å²) in [5, 5.41) is 4.37. The van der Waals surface area contributed by atoms with E-state index in [1.165, 1.54) is 12.8 Å². The molecule has 0 aliphatic carbocycles. The highest BCUT2D eigenvalue weighted by atomic mass is 16.1. The van der Waals surface area contributed by atoms with Crippen LogP contribution < -0.4 is 5.32 Å². The lowest BCUT2D eigenvalue weighted by atomic mass is 10.0. The summed E-state index contributed by atoms with van der Waals surface area (Å²) in [5.41, 5.74) is 3.01. The molecule has 1 aliphatic rings. The largest absolute Gasteiger partial charge is 0.348 e. The van der Waals surface area contributed by atoms with E-state index in [1.54, 1.807) is 6.20 Å². The Bertz CT molecular complexity index is 993. The van der Waals surface area contributed by atoms with Gasteiger partial charge in [0.25, 0.3) is 0 Å². The topological polar surface area (TPSA) is 48.5 Å². The van der Waals surface area contributed by atoms with Gasteiger partial charge in [0.1, 0.15) is 0 Å². The third-order valence-electron chi connectivity index (χ3n) is 6.39. The number of pyridine rings is 1. The van der Waals surface area contributed by atoms with Crippen molar-refractivity contribution in [3.05, 3.63) is 78.0 Å². The van der Waals surface area contributed by atoms with Crippen molar-refractivity contribution in [2.24, 2.45) is 0 Å². The van der Waals surface area contributed by atoms with Gasteiger partial charge in [0.05, 0.1) is 18.0 Å². The molecule has 1 saturated heterocycles. The molecular formula is C26H32N4O. The molecule has 31 heavy (non-hydrogen) atoms. The van der Waals surface area contributed by atoms with E-state index in [-0.39, 0.29) is 11.9 Å². The van der Waals surface area contributed by atoms with E-state index in [2.05, 4.69) is 46.3 Å². The zero-order valence-electron chi connectivity index (χ0n) is 18.5. The first kappa shape index (κ1) is 21.5. The van der Waals surface area contributed by atoms with Crippen LogP contribution in [0.1, 0.15) is 30.0 Å². The van der Waals surface area contributed by atoms with Crippen molar-refractivity contribution in [2.45, 2.75) is 31.3 Å². The van der Waals surface area contributed by atoms with Crippen LogP contribution in [0.4, 0.5) is 0 Å². The Morgan fingerprint density at radius 1 is 1.10 bits per heavy atom. The minimum absolute atomic E-state index is 0.0313. The van der Waals surface area contributed by atoms with Gasteiger partial charge < -0.3 is 15.1 Å². The summed E-state index contributed by atoms with van der Waals surface area (Å²) >= 11 is 0. The lowest BCUT2D eigenvalue weighted by molar-refractivity contribution is -0.121. The number of amides is 1. The lowest BCUT2D eigenvalue weighted by Crippen LogP contribution is -2.45. The molecule has 3 aromatic rings. The van der Waals surface area contributed by atoms with Crippen LogP contribution in [0.5, 0.6) is 0 Å². The van der Waals surface area contributed by atoms with Gasteiger partial charge in [-0.2, -0.15) is 0 Å². The molecule has 2 aromatic carbocycles. The Hall–Kier alpha value is -2.76. The van der Waals surface area contributed by atoms with Crippen molar-refractivity contribution in [2.75, 3.05) is 33.7 Å². The number of para-hydroxylation sites is 1. The van der Waals surface area contributed by atoms with E-state index >= 15 is 0 Å². The summed E-state index contributed by atoms with van der Waals surface area (Å²) in [5.74, 6) is 0.0313. The molecule has 0 unspecified atom stereocenters. The fraction of sp³-hybridized carbons (Fsp3) is 0.385. The van der Waals surface area contributed by atoms with E-state index in [9.17, 15) is 4.79 Å². The number of carbonyl (C=O) groups is 1. The number of benzene rings is 2. The van der Waals surface area contributed by atoms with Gasteiger partial charge in [0, 0.05) is 24.2 Å². The van der Waals surface area contributed by atoms with E-state index < -0.39 is 0 Å². The van der Waals surface area contributed by atoms with E-state index in [1.807, 2.05) is 48.5 Å². The number of hydrogen-bond acceptors (Lipinski definition) is 4. The maximum absolute atomic E-state index is 13.1. The zero-order valence-corrected chi connectivity index (χ0v) is 18.5. The van der Waals surface area contributed by atoms with Gasteiger partial charge in [-0.05, 0) is 57.2 Å². The maximum atomic E-state index is 13.1. The minimum atomic E-state index is -0.0405. The van der Waals surface area contributed by atoms with E-state index in [0.29, 0.717) is 12.5 Å². The molecule has 162 valence electrons. The van der Waals surface area contributed by atoms with Crippen LogP contribution in [0.3, 0.4) is 0 Å². The van der Waals surface area contributed by atoms with Crippen molar-refractivity contribution in [3.63, 3.8) is 0 Å². The van der Waals surface area contributed by atoms with Gasteiger partial charge in [-0.25, -0.2) is 0 Å². The van der Waals surface area contributed by atoms with Gasteiger partial charge in [-0.1, -0.05) is 54.6 Å². The predicted octanol–water partition coefficient (Wildman–Crippen LogP) is 3.66. The number of nitrogens with zero attached hydrogens (tertiary/aromatic N) is 3. The number of piperidine rings is 1. The number of aromatic nitrogens is 1. The van der Waals surface area contributed by atoms with Gasteiger partial charge in [-0.3, -0.25) is 9.78 Å². The monoisotopic (exact) mass is 416 g/mol. The number of rotatable bonds is 7. The quantitative estimate of drug-likeness (QED) is 0.639. The summed E-state index contributed by atoms with van der Waals surface area (Å²) in [7, 11) is 4.37. The molecule has 0 radical (unpaired) electrons. The fourth-order valence-electron chi connectivity index (χ4n) is 4.52. The molecule has 5 heteroatoms. The normalized spacial score (nSPS) is 16.5. The summed E-state index contributed by atoms with van der Waals surface area (Å²) in [6.45, 7) is 3.06. The molecule has 1 amide bonds. The number of hydrogen-bond donors (Lipinski definition) is 1. The summed E-state index contributed by atoms with van der Waals surface area (Å²) in [6, 6.07) is 20.8. The Kier molecular flexibility index (Phi) is 6.95. The molecule has 1 aromatic heterocycles. The molecule has 4 rings (SSSR count). The molecule has 0 spiro atoms. The first-order valence-corrected chi connectivity index (χ1v) is 11.2. The molecule has 0 bridgehead atoms. The summed E-state index contributed by atoms with van der Waals surface area (Å²) in [4.78, 5) is 22.4. The summed E-state index contributed by atoms with van der Waals surface area (Å²) < 4.78 is 0. The highest BCUT2D eigenvalue weighted by molar-refractivity contribution is 5.87. The second kappa shape index (κ2) is 10.0. The Balaban J connectivity index is 1.47. The number of nitrogens with one attached hydrogen (secondary N) is 1. The molecular weight excluding hydrogens is 384 g/mol.